The molecule has 1 aliphatic rings. The van der Waals surface area contributed by atoms with Crippen LogP contribution in [0.15, 0.2) is 30.3 Å². The van der Waals surface area contributed by atoms with Crippen LogP contribution in [-0.2, 0) is 6.54 Å². The Labute approximate surface area is 105 Å². The molecule has 0 aliphatic heterocycles. The van der Waals surface area contributed by atoms with E-state index in [1.165, 1.54) is 18.5 Å². The van der Waals surface area contributed by atoms with Gasteiger partial charge < -0.3 is 10.2 Å². The molecule has 2 nitrogen and oxygen atoms in total. The number of nitrogens with zero attached hydrogens (tertiary/aromatic N) is 1. The summed E-state index contributed by atoms with van der Waals surface area (Å²) in [6.07, 6.45) is 1.43. The molecule has 0 spiro atoms. The first kappa shape index (κ1) is 12.6. The van der Waals surface area contributed by atoms with Gasteiger partial charge in [-0.1, -0.05) is 37.3 Å². The second-order valence-corrected chi connectivity index (χ2v) is 5.40. The topological polar surface area (TPSA) is 15.3 Å². The summed E-state index contributed by atoms with van der Waals surface area (Å²) in [5.41, 5.74) is 1.37. The number of hydrogen-bond donors (Lipinski definition) is 1. The Morgan fingerprint density at radius 2 is 2.00 bits per heavy atom. The smallest absolute Gasteiger partial charge is 0.0206 e. The lowest BCUT2D eigenvalue weighted by Crippen LogP contribution is -2.30. The van der Waals surface area contributed by atoms with Crippen LogP contribution in [0, 0.1) is 11.8 Å². The first-order valence-electron chi connectivity index (χ1n) is 6.69. The predicted molar refractivity (Wildman–Crippen MR) is 72.9 cm³/mol. The van der Waals surface area contributed by atoms with Crippen molar-refractivity contribution in [3.63, 3.8) is 0 Å². The number of likely N-dealkylation sites (N-methyl/N-ethyl adjacent to an activating group) is 1. The van der Waals surface area contributed by atoms with Crippen molar-refractivity contribution in [2.75, 3.05) is 26.7 Å². The van der Waals surface area contributed by atoms with E-state index in [-0.39, 0.29) is 0 Å². The Kier molecular flexibility index (Phi) is 4.57. The van der Waals surface area contributed by atoms with Gasteiger partial charge in [0, 0.05) is 26.2 Å². The van der Waals surface area contributed by atoms with Crippen molar-refractivity contribution in [2.45, 2.75) is 19.9 Å². The van der Waals surface area contributed by atoms with Gasteiger partial charge in [-0.2, -0.15) is 0 Å². The van der Waals surface area contributed by atoms with Gasteiger partial charge in [0.15, 0.2) is 0 Å². The molecule has 0 aromatic heterocycles. The molecule has 0 heterocycles. The number of nitrogens with one attached hydrogen (secondary N) is 1. The first-order chi connectivity index (χ1) is 8.25. The van der Waals surface area contributed by atoms with E-state index in [9.17, 15) is 0 Å². The Balaban J connectivity index is 1.54. The van der Waals surface area contributed by atoms with Crippen molar-refractivity contribution in [3.05, 3.63) is 35.9 Å². The molecule has 2 atom stereocenters. The molecule has 0 bridgehead atoms. The van der Waals surface area contributed by atoms with E-state index >= 15 is 0 Å². The van der Waals surface area contributed by atoms with Gasteiger partial charge in [-0.25, -0.2) is 0 Å². The van der Waals surface area contributed by atoms with Gasteiger partial charge in [-0.3, -0.25) is 0 Å². The molecular formula is C15H24N2. The molecule has 1 aromatic carbocycles. The van der Waals surface area contributed by atoms with Gasteiger partial charge >= 0.3 is 0 Å². The van der Waals surface area contributed by atoms with E-state index in [0.29, 0.717) is 0 Å². The number of hydrogen-bond acceptors (Lipinski definition) is 2. The fourth-order valence-corrected chi connectivity index (χ4v) is 2.24. The summed E-state index contributed by atoms with van der Waals surface area (Å²) in [4.78, 5) is 2.45. The van der Waals surface area contributed by atoms with Crippen molar-refractivity contribution in [3.8, 4) is 0 Å². The van der Waals surface area contributed by atoms with Crippen molar-refractivity contribution in [1.82, 2.24) is 10.2 Å². The summed E-state index contributed by atoms with van der Waals surface area (Å²) in [5.74, 6) is 1.93. The second-order valence-electron chi connectivity index (χ2n) is 5.40. The van der Waals surface area contributed by atoms with Crippen LogP contribution in [0.2, 0.25) is 0 Å². The van der Waals surface area contributed by atoms with Gasteiger partial charge in [0.25, 0.3) is 0 Å². The lowest BCUT2D eigenvalue weighted by molar-refractivity contribution is 0.313. The van der Waals surface area contributed by atoms with Crippen LogP contribution in [0.5, 0.6) is 0 Å². The molecule has 1 aromatic rings. The van der Waals surface area contributed by atoms with Crippen LogP contribution in [0.1, 0.15) is 18.9 Å². The fraction of sp³-hybridized carbons (Fsp3) is 0.600. The molecule has 1 aliphatic carbocycles. The summed E-state index contributed by atoms with van der Waals surface area (Å²) in [7, 11) is 2.23. The minimum Gasteiger partial charge on any atom is -0.311 e. The monoisotopic (exact) mass is 232 g/mol. The van der Waals surface area contributed by atoms with Gasteiger partial charge in [-0.05, 0) is 30.9 Å². The van der Waals surface area contributed by atoms with E-state index in [4.69, 9.17) is 0 Å². The van der Waals surface area contributed by atoms with Crippen LogP contribution in [0.3, 0.4) is 0 Å². The van der Waals surface area contributed by atoms with Crippen LogP contribution in [0.25, 0.3) is 0 Å². The van der Waals surface area contributed by atoms with E-state index in [1.807, 2.05) is 0 Å². The van der Waals surface area contributed by atoms with Gasteiger partial charge in [0.05, 0.1) is 0 Å². The highest BCUT2D eigenvalue weighted by molar-refractivity contribution is 5.14. The maximum Gasteiger partial charge on any atom is 0.0206 e. The van der Waals surface area contributed by atoms with Crippen LogP contribution >= 0.6 is 0 Å². The third kappa shape index (κ3) is 4.49. The summed E-state index contributed by atoms with van der Waals surface area (Å²) >= 11 is 0. The minimum atomic E-state index is 0.967. The molecule has 2 heteroatoms. The highest BCUT2D eigenvalue weighted by Gasteiger charge is 2.32. The van der Waals surface area contributed by atoms with Gasteiger partial charge in [-0.15, -0.1) is 0 Å². The predicted octanol–water partition coefficient (Wildman–Crippen LogP) is 2.36. The maximum absolute atomic E-state index is 3.50. The van der Waals surface area contributed by atoms with Crippen LogP contribution in [-0.4, -0.2) is 31.6 Å². The van der Waals surface area contributed by atoms with Gasteiger partial charge in [0.2, 0.25) is 0 Å². The fourth-order valence-electron chi connectivity index (χ4n) is 2.24. The molecule has 2 rings (SSSR count). The van der Waals surface area contributed by atoms with Gasteiger partial charge in [0.1, 0.15) is 0 Å². The van der Waals surface area contributed by atoms with Crippen LogP contribution < -0.4 is 5.32 Å². The lowest BCUT2D eigenvalue weighted by Gasteiger charge is -2.16. The highest BCUT2D eigenvalue weighted by Crippen LogP contribution is 2.37. The molecule has 94 valence electrons. The van der Waals surface area contributed by atoms with Crippen molar-refractivity contribution < 1.29 is 0 Å². The Hall–Kier alpha value is -0.860. The third-order valence-corrected chi connectivity index (χ3v) is 3.66. The van der Waals surface area contributed by atoms with E-state index in [2.05, 4.69) is 54.5 Å². The molecule has 0 amide bonds. The third-order valence-electron chi connectivity index (χ3n) is 3.66. The van der Waals surface area contributed by atoms with Crippen LogP contribution in [0.4, 0.5) is 0 Å². The number of benzene rings is 1. The summed E-state index contributed by atoms with van der Waals surface area (Å²) in [6.45, 7) is 6.83. The summed E-state index contributed by atoms with van der Waals surface area (Å²) in [5, 5.41) is 3.50. The maximum atomic E-state index is 3.50. The molecular weight excluding hydrogens is 208 g/mol. The lowest BCUT2D eigenvalue weighted by atomic mass is 10.2. The van der Waals surface area contributed by atoms with Crippen molar-refractivity contribution >= 4 is 0 Å². The van der Waals surface area contributed by atoms with Crippen molar-refractivity contribution in [2.24, 2.45) is 11.8 Å². The summed E-state index contributed by atoms with van der Waals surface area (Å²) in [6, 6.07) is 10.6. The zero-order chi connectivity index (χ0) is 12.1. The Bertz CT molecular complexity index is 323. The average Bonchev–Trinajstić information content (AvgIpc) is 3.02. The Morgan fingerprint density at radius 1 is 1.29 bits per heavy atom. The molecule has 17 heavy (non-hydrogen) atoms. The zero-order valence-electron chi connectivity index (χ0n) is 11.0. The zero-order valence-corrected chi connectivity index (χ0v) is 11.0. The van der Waals surface area contributed by atoms with E-state index in [0.717, 1.165) is 31.5 Å². The largest absolute Gasteiger partial charge is 0.311 e. The molecule has 2 unspecified atom stereocenters. The quantitative estimate of drug-likeness (QED) is 0.726. The molecule has 0 radical (unpaired) electrons. The highest BCUT2D eigenvalue weighted by atomic mass is 15.1. The van der Waals surface area contributed by atoms with E-state index < -0.39 is 0 Å². The molecule has 1 saturated carbocycles. The molecule has 1 N–H and O–H groups in total. The van der Waals surface area contributed by atoms with E-state index in [1.54, 1.807) is 0 Å². The SMILES string of the molecule is CC1CC1CN(C)CCNCc1ccccc1. The molecule has 1 fully saturated rings. The standard InChI is InChI=1S/C15H24N2/c1-13-10-15(13)12-17(2)9-8-16-11-14-6-4-3-5-7-14/h3-7,13,15-16H,8-12H2,1-2H3. The van der Waals surface area contributed by atoms with Crippen molar-refractivity contribution in [1.29, 1.82) is 0 Å². The number of rotatable bonds is 7. The first-order valence-corrected chi connectivity index (χ1v) is 6.69. The summed E-state index contributed by atoms with van der Waals surface area (Å²) < 4.78 is 0. The minimum absolute atomic E-state index is 0.967. The second kappa shape index (κ2) is 6.18. The average molecular weight is 232 g/mol. The Morgan fingerprint density at radius 3 is 2.65 bits per heavy atom. The molecule has 0 saturated heterocycles. The normalized spacial score (nSPS) is 23.0.